The Morgan fingerprint density at radius 2 is 1.76 bits per heavy atom. The normalized spacial score (nSPS) is 12.9. The van der Waals surface area contributed by atoms with Crippen LogP contribution in [-0.2, 0) is 16.9 Å². The minimum Gasteiger partial charge on any atom is -0.457 e. The van der Waals surface area contributed by atoms with Crippen molar-refractivity contribution in [1.29, 1.82) is 0 Å². The Labute approximate surface area is 208 Å². The molecular formula is C27H21Cl2N3O2. The Balaban J connectivity index is 1.73. The van der Waals surface area contributed by atoms with Gasteiger partial charge in [-0.2, -0.15) is 5.10 Å². The van der Waals surface area contributed by atoms with Crippen molar-refractivity contribution in [2.45, 2.75) is 12.1 Å². The van der Waals surface area contributed by atoms with Crippen LogP contribution in [0, 0.1) is 12.3 Å². The number of benzene rings is 3. The predicted molar refractivity (Wildman–Crippen MR) is 135 cm³/mol. The molecule has 0 N–H and O–H groups in total. The molecule has 0 aliphatic carbocycles. The summed E-state index contributed by atoms with van der Waals surface area (Å²) in [5.74, 6) is 3.78. The van der Waals surface area contributed by atoms with Crippen LogP contribution in [0.2, 0.25) is 10.0 Å². The second-order valence-electron chi connectivity index (χ2n) is 7.42. The number of aromatic nitrogens is 3. The van der Waals surface area contributed by atoms with E-state index in [-0.39, 0.29) is 6.61 Å². The van der Waals surface area contributed by atoms with Crippen LogP contribution in [0.1, 0.15) is 11.1 Å². The minimum absolute atomic E-state index is 0.0766. The number of terminal acetylenes is 1. The molecule has 1 aromatic heterocycles. The third kappa shape index (κ3) is 5.86. The van der Waals surface area contributed by atoms with E-state index in [2.05, 4.69) is 16.0 Å². The Morgan fingerprint density at radius 1 is 1.00 bits per heavy atom. The zero-order valence-corrected chi connectivity index (χ0v) is 19.7. The minimum atomic E-state index is -1.01. The van der Waals surface area contributed by atoms with E-state index in [4.69, 9.17) is 39.1 Å². The van der Waals surface area contributed by atoms with E-state index in [1.807, 2.05) is 54.6 Å². The largest absolute Gasteiger partial charge is 0.457 e. The van der Waals surface area contributed by atoms with Gasteiger partial charge in [-0.25, -0.2) is 9.67 Å². The average molecular weight is 490 g/mol. The summed E-state index contributed by atoms with van der Waals surface area (Å²) < 4.78 is 13.9. The third-order valence-corrected chi connectivity index (χ3v) is 5.63. The summed E-state index contributed by atoms with van der Waals surface area (Å²) in [5.41, 5.74) is 0.718. The Morgan fingerprint density at radius 3 is 2.44 bits per heavy atom. The molecule has 34 heavy (non-hydrogen) atoms. The molecule has 0 fully saturated rings. The molecule has 4 rings (SSSR count). The van der Waals surface area contributed by atoms with E-state index in [0.717, 1.165) is 11.1 Å². The van der Waals surface area contributed by atoms with Crippen LogP contribution in [-0.4, -0.2) is 21.4 Å². The summed E-state index contributed by atoms with van der Waals surface area (Å²) in [4.78, 5) is 4.06. The molecule has 0 aliphatic heterocycles. The van der Waals surface area contributed by atoms with Gasteiger partial charge in [0, 0.05) is 10.6 Å². The fourth-order valence-electron chi connectivity index (χ4n) is 3.46. The lowest BCUT2D eigenvalue weighted by atomic mass is 9.91. The van der Waals surface area contributed by atoms with Crippen molar-refractivity contribution in [3.63, 3.8) is 0 Å². The van der Waals surface area contributed by atoms with Crippen molar-refractivity contribution in [2.24, 2.45) is 0 Å². The van der Waals surface area contributed by atoms with Gasteiger partial charge in [0.05, 0.1) is 11.6 Å². The van der Waals surface area contributed by atoms with E-state index in [1.54, 1.807) is 41.3 Å². The van der Waals surface area contributed by atoms with Crippen LogP contribution in [0.15, 0.2) is 91.5 Å². The first-order valence-electron chi connectivity index (χ1n) is 10.5. The summed E-state index contributed by atoms with van der Waals surface area (Å²) in [6.07, 6.45) is 12.6. The van der Waals surface area contributed by atoms with Gasteiger partial charge in [-0.1, -0.05) is 71.6 Å². The van der Waals surface area contributed by atoms with Gasteiger partial charge in [-0.05, 0) is 48.0 Å². The van der Waals surface area contributed by atoms with Crippen molar-refractivity contribution in [2.75, 3.05) is 6.61 Å². The molecular weight excluding hydrogens is 469 g/mol. The summed E-state index contributed by atoms with van der Waals surface area (Å²) in [6, 6.07) is 22.5. The van der Waals surface area contributed by atoms with Gasteiger partial charge in [0.1, 0.15) is 36.4 Å². The number of hydrogen-bond donors (Lipinski definition) is 0. The van der Waals surface area contributed by atoms with Crippen molar-refractivity contribution < 1.29 is 9.47 Å². The molecule has 4 aromatic rings. The van der Waals surface area contributed by atoms with Crippen LogP contribution in [0.3, 0.4) is 0 Å². The van der Waals surface area contributed by atoms with Crippen LogP contribution in [0.4, 0.5) is 0 Å². The summed E-state index contributed by atoms with van der Waals surface area (Å²) >= 11 is 12.8. The molecule has 0 spiro atoms. The second-order valence-corrected chi connectivity index (χ2v) is 8.26. The fourth-order valence-corrected chi connectivity index (χ4v) is 3.92. The smallest absolute Gasteiger partial charge is 0.137 e. The molecule has 7 heteroatoms. The molecule has 1 unspecified atom stereocenters. The van der Waals surface area contributed by atoms with Gasteiger partial charge in [-0.3, -0.25) is 0 Å². The van der Waals surface area contributed by atoms with E-state index in [9.17, 15) is 0 Å². The molecule has 1 heterocycles. The monoisotopic (exact) mass is 489 g/mol. The maximum atomic E-state index is 6.79. The molecule has 170 valence electrons. The molecule has 0 saturated carbocycles. The highest BCUT2D eigenvalue weighted by atomic mass is 35.5. The van der Waals surface area contributed by atoms with Gasteiger partial charge in [0.25, 0.3) is 0 Å². The van der Waals surface area contributed by atoms with Gasteiger partial charge >= 0.3 is 0 Å². The Bertz CT molecular complexity index is 1280. The molecule has 0 amide bonds. The predicted octanol–water partition coefficient (Wildman–Crippen LogP) is 6.64. The first kappa shape index (κ1) is 23.6. The SMILES string of the molecule is C#CCOC(C=Cc1ccccc1)(Cn1cncn1)c1ccc(Oc2ccc(Cl)cc2)cc1Cl. The Kier molecular flexibility index (Phi) is 7.66. The molecule has 0 radical (unpaired) electrons. The molecule has 0 saturated heterocycles. The van der Waals surface area contributed by atoms with Crippen LogP contribution < -0.4 is 4.74 Å². The number of ether oxygens (including phenoxy) is 2. The van der Waals surface area contributed by atoms with E-state index in [0.29, 0.717) is 28.1 Å². The maximum Gasteiger partial charge on any atom is 0.137 e. The molecule has 5 nitrogen and oxygen atoms in total. The van der Waals surface area contributed by atoms with E-state index < -0.39 is 5.60 Å². The highest BCUT2D eigenvalue weighted by Crippen LogP contribution is 2.38. The highest BCUT2D eigenvalue weighted by Gasteiger charge is 2.34. The van der Waals surface area contributed by atoms with Gasteiger partial charge < -0.3 is 9.47 Å². The second kappa shape index (κ2) is 11.0. The summed E-state index contributed by atoms with van der Waals surface area (Å²) in [5, 5.41) is 5.35. The van der Waals surface area contributed by atoms with E-state index >= 15 is 0 Å². The first-order valence-corrected chi connectivity index (χ1v) is 11.2. The zero-order valence-electron chi connectivity index (χ0n) is 18.1. The summed E-state index contributed by atoms with van der Waals surface area (Å²) in [7, 11) is 0. The lowest BCUT2D eigenvalue weighted by Crippen LogP contribution is -2.34. The molecule has 1 atom stereocenters. The number of rotatable bonds is 9. The number of hydrogen-bond acceptors (Lipinski definition) is 4. The van der Waals surface area contributed by atoms with Crippen molar-refractivity contribution >= 4 is 29.3 Å². The molecule has 0 aliphatic rings. The number of halogens is 2. The lowest BCUT2D eigenvalue weighted by molar-refractivity contribution is -0.00796. The van der Waals surface area contributed by atoms with Crippen LogP contribution in [0.5, 0.6) is 11.5 Å². The fraction of sp³-hybridized carbons (Fsp3) is 0.111. The van der Waals surface area contributed by atoms with Gasteiger partial charge in [0.2, 0.25) is 0 Å². The standard InChI is InChI=1S/C27H21Cl2N3O2/c1-2-16-33-27(18-32-20-30-19-31-32,15-14-21-6-4-3-5-7-21)25-13-12-24(17-26(25)29)34-23-10-8-22(28)9-11-23/h1,3-15,17,19-20H,16,18H2. The Hall–Kier alpha value is -3.56. The molecule has 3 aromatic carbocycles. The van der Waals surface area contributed by atoms with Gasteiger partial charge in [0.15, 0.2) is 0 Å². The number of nitrogens with zero attached hydrogens (tertiary/aromatic N) is 3. The van der Waals surface area contributed by atoms with Crippen molar-refractivity contribution in [3.05, 3.63) is 113 Å². The zero-order chi connectivity index (χ0) is 23.8. The van der Waals surface area contributed by atoms with Crippen molar-refractivity contribution in [3.8, 4) is 23.8 Å². The van der Waals surface area contributed by atoms with Crippen molar-refractivity contribution in [1.82, 2.24) is 14.8 Å². The molecule has 0 bridgehead atoms. The quantitative estimate of drug-likeness (QED) is 0.247. The average Bonchev–Trinajstić information content (AvgIpc) is 3.36. The van der Waals surface area contributed by atoms with Crippen LogP contribution >= 0.6 is 23.2 Å². The first-order chi connectivity index (χ1) is 16.6. The maximum absolute atomic E-state index is 6.79. The van der Waals surface area contributed by atoms with E-state index in [1.165, 1.54) is 6.33 Å². The topological polar surface area (TPSA) is 49.2 Å². The highest BCUT2D eigenvalue weighted by molar-refractivity contribution is 6.31. The lowest BCUT2D eigenvalue weighted by Gasteiger charge is -2.32. The third-order valence-electron chi connectivity index (χ3n) is 5.07. The van der Waals surface area contributed by atoms with Gasteiger partial charge in [-0.15, -0.1) is 6.42 Å². The van der Waals surface area contributed by atoms with Crippen LogP contribution in [0.25, 0.3) is 6.08 Å². The summed E-state index contributed by atoms with van der Waals surface area (Å²) in [6.45, 7) is 0.391.